The molecule has 1 N–H and O–H groups in total. The number of ether oxygens (including phenoxy) is 1. The number of carbonyl (C=O) groups is 2. The second-order valence-corrected chi connectivity index (χ2v) is 9.59. The van der Waals surface area contributed by atoms with Crippen LogP contribution in [0.2, 0.25) is 5.02 Å². The number of aldehydes is 1. The SMILES string of the molecule is N=C/C(CCCN1CC2(CC(Oc3ccc(Cl)c4c3CCCC4=O)C2)C1)=C(/Cl)C=O. The van der Waals surface area contributed by atoms with Crippen LogP contribution in [-0.4, -0.2) is 48.9 Å². The van der Waals surface area contributed by atoms with E-state index in [1.54, 1.807) is 6.07 Å². The minimum Gasteiger partial charge on any atom is -0.490 e. The maximum absolute atomic E-state index is 12.2. The van der Waals surface area contributed by atoms with Gasteiger partial charge in [-0.2, -0.15) is 0 Å². The Bertz CT molecular complexity index is 898. The average Bonchev–Trinajstić information content (AvgIpc) is 2.68. The van der Waals surface area contributed by atoms with Crippen LogP contribution < -0.4 is 4.74 Å². The Labute approximate surface area is 186 Å². The third-order valence-corrected chi connectivity index (χ3v) is 7.21. The molecule has 0 amide bonds. The number of nitrogens with zero attached hydrogens (tertiary/aromatic N) is 1. The van der Waals surface area contributed by atoms with Crippen molar-refractivity contribution in [2.45, 2.75) is 51.0 Å². The summed E-state index contributed by atoms with van der Waals surface area (Å²) in [6, 6.07) is 3.70. The van der Waals surface area contributed by atoms with Crippen molar-refractivity contribution in [2.75, 3.05) is 19.6 Å². The number of allylic oxidation sites excluding steroid dienone is 2. The zero-order chi connectivity index (χ0) is 21.3. The highest BCUT2D eigenvalue weighted by Gasteiger charge is 2.53. The van der Waals surface area contributed by atoms with E-state index in [0.29, 0.717) is 40.7 Å². The van der Waals surface area contributed by atoms with Crippen LogP contribution in [0.1, 0.15) is 54.4 Å². The molecule has 3 aliphatic rings. The summed E-state index contributed by atoms with van der Waals surface area (Å²) in [5.41, 5.74) is 2.60. The number of rotatable bonds is 8. The van der Waals surface area contributed by atoms with Crippen molar-refractivity contribution < 1.29 is 14.3 Å². The molecule has 5 nitrogen and oxygen atoms in total. The fourth-order valence-corrected chi connectivity index (χ4v) is 5.56. The van der Waals surface area contributed by atoms with Gasteiger partial charge in [-0.3, -0.25) is 9.59 Å². The van der Waals surface area contributed by atoms with Crippen LogP contribution >= 0.6 is 23.2 Å². The van der Waals surface area contributed by atoms with Crippen molar-refractivity contribution in [3.8, 4) is 5.75 Å². The molecule has 1 saturated carbocycles. The first kappa shape index (κ1) is 21.5. The van der Waals surface area contributed by atoms with Crippen LogP contribution in [0, 0.1) is 10.8 Å². The number of hydrogen-bond acceptors (Lipinski definition) is 5. The predicted octanol–water partition coefficient (Wildman–Crippen LogP) is 4.82. The first-order valence-corrected chi connectivity index (χ1v) is 11.3. The summed E-state index contributed by atoms with van der Waals surface area (Å²) in [5.74, 6) is 0.957. The van der Waals surface area contributed by atoms with Crippen molar-refractivity contribution in [3.63, 3.8) is 0 Å². The molecule has 1 spiro atoms. The molecule has 2 fully saturated rings. The Balaban J connectivity index is 1.24. The largest absolute Gasteiger partial charge is 0.490 e. The zero-order valence-corrected chi connectivity index (χ0v) is 18.4. The van der Waals surface area contributed by atoms with E-state index in [1.807, 2.05) is 6.07 Å². The van der Waals surface area contributed by atoms with Gasteiger partial charge in [-0.15, -0.1) is 0 Å². The standard InChI is InChI=1S/C23H26Cl2N2O3/c24-18-6-7-21(17-4-1-5-20(29)22(17)18)30-16-9-23(10-16)13-27(14-23)8-2-3-15(11-26)19(25)12-28/h6-7,11-12,16,26H,1-5,8-10,13-14H2/b19-15+,26-11?. The van der Waals surface area contributed by atoms with Gasteiger partial charge in [0.15, 0.2) is 12.1 Å². The Kier molecular flexibility index (Phi) is 6.33. The van der Waals surface area contributed by atoms with Crippen LogP contribution in [-0.2, 0) is 11.2 Å². The Morgan fingerprint density at radius 2 is 2.07 bits per heavy atom. The van der Waals surface area contributed by atoms with E-state index < -0.39 is 0 Å². The molecule has 0 unspecified atom stereocenters. The summed E-state index contributed by atoms with van der Waals surface area (Å²) in [6.45, 7) is 3.07. The number of halogens is 2. The molecule has 1 heterocycles. The molecule has 4 rings (SSSR count). The highest BCUT2D eigenvalue weighted by atomic mass is 35.5. The fourth-order valence-electron chi connectivity index (χ4n) is 5.13. The van der Waals surface area contributed by atoms with Crippen molar-refractivity contribution in [3.05, 3.63) is 38.9 Å². The Hall–Kier alpha value is -1.69. The maximum Gasteiger partial charge on any atom is 0.164 e. The number of Topliss-reactive ketones (excluding diaryl/α,β-unsaturated/α-hetero) is 1. The number of hydrogen-bond donors (Lipinski definition) is 1. The van der Waals surface area contributed by atoms with Gasteiger partial charge in [0.2, 0.25) is 0 Å². The number of nitrogens with one attached hydrogen (secondary N) is 1. The van der Waals surface area contributed by atoms with Crippen molar-refractivity contribution in [1.29, 1.82) is 5.41 Å². The van der Waals surface area contributed by atoms with Crippen LogP contribution in [0.4, 0.5) is 0 Å². The van der Waals surface area contributed by atoms with Crippen molar-refractivity contribution in [1.82, 2.24) is 4.90 Å². The first-order valence-electron chi connectivity index (χ1n) is 10.5. The quantitative estimate of drug-likeness (QED) is 0.351. The zero-order valence-electron chi connectivity index (χ0n) is 16.9. The van der Waals surface area contributed by atoms with Gasteiger partial charge in [0.25, 0.3) is 0 Å². The number of fused-ring (bicyclic) bond motifs is 1. The molecule has 1 aromatic carbocycles. The third-order valence-electron chi connectivity index (χ3n) is 6.57. The van der Waals surface area contributed by atoms with Gasteiger partial charge in [0.05, 0.1) is 16.2 Å². The highest BCUT2D eigenvalue weighted by molar-refractivity contribution is 6.40. The normalized spacial score (nSPS) is 21.3. The molecule has 0 atom stereocenters. The van der Waals surface area contributed by atoms with Crippen LogP contribution in [0.25, 0.3) is 0 Å². The molecule has 0 bridgehead atoms. The van der Waals surface area contributed by atoms with Crippen LogP contribution in [0.3, 0.4) is 0 Å². The summed E-state index contributed by atoms with van der Waals surface area (Å²) in [6.07, 6.45) is 7.86. The summed E-state index contributed by atoms with van der Waals surface area (Å²) in [7, 11) is 0. The van der Waals surface area contributed by atoms with Crippen LogP contribution in [0.5, 0.6) is 5.75 Å². The molecule has 7 heteroatoms. The fraction of sp³-hybridized carbons (Fsp3) is 0.522. The van der Waals surface area contributed by atoms with E-state index in [2.05, 4.69) is 4.90 Å². The number of ketones is 1. The Morgan fingerprint density at radius 3 is 2.77 bits per heavy atom. The van der Waals surface area contributed by atoms with E-state index in [0.717, 1.165) is 63.1 Å². The Morgan fingerprint density at radius 1 is 1.30 bits per heavy atom. The van der Waals surface area contributed by atoms with E-state index in [9.17, 15) is 9.59 Å². The molecule has 0 radical (unpaired) electrons. The lowest BCUT2D eigenvalue weighted by Crippen LogP contribution is -2.64. The lowest BCUT2D eigenvalue weighted by Gasteiger charge is -2.58. The summed E-state index contributed by atoms with van der Waals surface area (Å²) < 4.78 is 6.28. The van der Waals surface area contributed by atoms with Gasteiger partial charge in [-0.25, -0.2) is 0 Å². The lowest BCUT2D eigenvalue weighted by atomic mass is 9.61. The summed E-state index contributed by atoms with van der Waals surface area (Å²) in [5, 5.41) is 8.03. The first-order chi connectivity index (χ1) is 14.4. The average molecular weight is 449 g/mol. The third kappa shape index (κ3) is 4.20. The summed E-state index contributed by atoms with van der Waals surface area (Å²) in [4.78, 5) is 25.4. The van der Waals surface area contributed by atoms with Gasteiger partial charge in [0, 0.05) is 42.3 Å². The van der Waals surface area contributed by atoms with Gasteiger partial charge in [-0.05, 0) is 62.8 Å². The van der Waals surface area contributed by atoms with Crippen molar-refractivity contribution >= 4 is 41.5 Å². The van der Waals surface area contributed by atoms with E-state index in [1.165, 1.54) is 6.21 Å². The number of carbonyl (C=O) groups excluding carboxylic acids is 2. The van der Waals surface area contributed by atoms with E-state index in [-0.39, 0.29) is 16.9 Å². The second-order valence-electron chi connectivity index (χ2n) is 8.77. The number of likely N-dealkylation sites (tertiary alicyclic amines) is 1. The molecule has 1 saturated heterocycles. The van der Waals surface area contributed by atoms with Gasteiger partial charge < -0.3 is 15.0 Å². The molecular formula is C23H26Cl2N2O3. The highest BCUT2D eigenvalue weighted by Crippen LogP contribution is 2.50. The van der Waals surface area contributed by atoms with E-state index in [4.69, 9.17) is 33.3 Å². The topological polar surface area (TPSA) is 70.5 Å². The van der Waals surface area contributed by atoms with Gasteiger partial charge >= 0.3 is 0 Å². The second kappa shape index (κ2) is 8.81. The molecule has 2 aliphatic carbocycles. The molecular weight excluding hydrogens is 423 g/mol. The lowest BCUT2D eigenvalue weighted by molar-refractivity contribution is -0.119. The molecule has 1 aromatic rings. The molecule has 1 aliphatic heterocycles. The maximum atomic E-state index is 12.2. The van der Waals surface area contributed by atoms with Gasteiger partial charge in [-0.1, -0.05) is 23.2 Å². The van der Waals surface area contributed by atoms with Crippen LogP contribution in [0.15, 0.2) is 22.7 Å². The molecule has 160 valence electrons. The van der Waals surface area contributed by atoms with Crippen molar-refractivity contribution in [2.24, 2.45) is 5.41 Å². The number of benzene rings is 1. The summed E-state index contributed by atoms with van der Waals surface area (Å²) >= 11 is 12.1. The van der Waals surface area contributed by atoms with E-state index >= 15 is 0 Å². The minimum absolute atomic E-state index is 0.127. The van der Waals surface area contributed by atoms with Gasteiger partial charge in [0.1, 0.15) is 5.75 Å². The monoisotopic (exact) mass is 448 g/mol. The molecule has 30 heavy (non-hydrogen) atoms. The molecule has 0 aromatic heterocycles. The minimum atomic E-state index is 0.127. The predicted molar refractivity (Wildman–Crippen MR) is 118 cm³/mol. The smallest absolute Gasteiger partial charge is 0.164 e.